The summed E-state index contributed by atoms with van der Waals surface area (Å²) >= 11 is 0. The largest absolute Gasteiger partial charge is 0.0588 e. The molecule has 18 heavy (non-hydrogen) atoms. The van der Waals surface area contributed by atoms with Gasteiger partial charge in [-0.15, -0.1) is 0 Å². The van der Waals surface area contributed by atoms with Crippen molar-refractivity contribution in [2.45, 2.75) is 40.5 Å². The minimum Gasteiger partial charge on any atom is -0.0588 e. The number of hydrogen-bond donors (Lipinski definition) is 0. The zero-order chi connectivity index (χ0) is 13.3. The van der Waals surface area contributed by atoms with E-state index < -0.39 is 0 Å². The van der Waals surface area contributed by atoms with Crippen molar-refractivity contribution in [1.82, 2.24) is 0 Å². The predicted molar refractivity (Wildman–Crippen MR) is 79.3 cm³/mol. The van der Waals surface area contributed by atoms with Crippen LogP contribution >= 0.6 is 0 Å². The Morgan fingerprint density at radius 2 is 1.00 bits per heavy atom. The van der Waals surface area contributed by atoms with E-state index in [9.17, 15) is 0 Å². The molecule has 0 aliphatic heterocycles. The fourth-order valence-electron chi connectivity index (χ4n) is 2.26. The fourth-order valence-corrected chi connectivity index (χ4v) is 2.26. The van der Waals surface area contributed by atoms with Gasteiger partial charge in [-0.25, -0.2) is 0 Å². The van der Waals surface area contributed by atoms with Crippen LogP contribution in [0.4, 0.5) is 0 Å². The minimum absolute atomic E-state index is 0.462. The summed E-state index contributed by atoms with van der Waals surface area (Å²) < 4.78 is 0. The van der Waals surface area contributed by atoms with Crippen molar-refractivity contribution >= 4 is 0 Å². The van der Waals surface area contributed by atoms with Crippen LogP contribution in [-0.2, 0) is 0 Å². The molecule has 2 aromatic carbocycles. The first-order chi connectivity index (χ1) is 8.49. The van der Waals surface area contributed by atoms with Crippen molar-refractivity contribution in [3.63, 3.8) is 0 Å². The minimum atomic E-state index is 0.462. The monoisotopic (exact) mass is 238 g/mol. The lowest BCUT2D eigenvalue weighted by atomic mass is 9.89. The van der Waals surface area contributed by atoms with Gasteiger partial charge in [0.15, 0.2) is 0 Å². The first-order valence-electron chi connectivity index (χ1n) is 6.63. The predicted octanol–water partition coefficient (Wildman–Crippen LogP) is 5.07. The summed E-state index contributed by atoms with van der Waals surface area (Å²) in [5.74, 6) is 0.462. The Labute approximate surface area is 111 Å². The van der Waals surface area contributed by atoms with Crippen LogP contribution in [0.25, 0.3) is 0 Å². The molecule has 0 unspecified atom stereocenters. The summed E-state index contributed by atoms with van der Waals surface area (Å²) in [7, 11) is 0. The van der Waals surface area contributed by atoms with Crippen LogP contribution in [0.1, 0.15) is 46.2 Å². The Morgan fingerprint density at radius 3 is 1.33 bits per heavy atom. The molecule has 0 saturated heterocycles. The summed E-state index contributed by atoms with van der Waals surface area (Å²) in [6.45, 7) is 11.0. The van der Waals surface area contributed by atoms with Crippen molar-refractivity contribution < 1.29 is 0 Å². The summed E-state index contributed by atoms with van der Waals surface area (Å²) in [6, 6.07) is 13.6. The van der Waals surface area contributed by atoms with E-state index in [0.29, 0.717) is 5.92 Å². The molecule has 2 rings (SSSR count). The molecule has 0 atom stereocenters. The van der Waals surface area contributed by atoms with Gasteiger partial charge in [0.25, 0.3) is 0 Å². The third-order valence-electron chi connectivity index (χ3n) is 4.06. The molecular formula is C18H22. The quantitative estimate of drug-likeness (QED) is 0.685. The molecule has 0 aliphatic carbocycles. The molecule has 0 nitrogen and oxygen atoms in total. The van der Waals surface area contributed by atoms with Crippen molar-refractivity contribution in [2.75, 3.05) is 0 Å². The van der Waals surface area contributed by atoms with Crippen LogP contribution in [0.2, 0.25) is 0 Å². The zero-order valence-electron chi connectivity index (χ0n) is 12.0. The molecule has 0 aliphatic rings. The second-order valence-electron chi connectivity index (χ2n) is 5.41. The maximum absolute atomic E-state index is 2.31. The van der Waals surface area contributed by atoms with Crippen molar-refractivity contribution in [1.29, 1.82) is 0 Å². The summed E-state index contributed by atoms with van der Waals surface area (Å²) in [5, 5.41) is 0. The zero-order valence-corrected chi connectivity index (χ0v) is 12.0. The highest BCUT2D eigenvalue weighted by Crippen LogP contribution is 2.27. The molecule has 0 N–H and O–H groups in total. The number of rotatable bonds is 2. The van der Waals surface area contributed by atoms with E-state index in [0.717, 1.165) is 0 Å². The smallest absolute Gasteiger partial charge is 0.00612 e. The van der Waals surface area contributed by atoms with Crippen molar-refractivity contribution in [3.05, 3.63) is 69.8 Å². The Balaban J connectivity index is 2.37. The van der Waals surface area contributed by atoms with Crippen LogP contribution in [0.15, 0.2) is 36.4 Å². The van der Waals surface area contributed by atoms with E-state index in [4.69, 9.17) is 0 Å². The summed E-state index contributed by atoms with van der Waals surface area (Å²) in [6.07, 6.45) is 0. The van der Waals surface area contributed by atoms with Gasteiger partial charge in [-0.05, 0) is 61.1 Å². The molecule has 2 aromatic rings. The van der Waals surface area contributed by atoms with Gasteiger partial charge in [-0.1, -0.05) is 43.3 Å². The Bertz CT molecular complexity index is 513. The average Bonchev–Trinajstić information content (AvgIpc) is 2.35. The molecule has 0 spiro atoms. The van der Waals surface area contributed by atoms with Gasteiger partial charge in [-0.3, -0.25) is 0 Å². The van der Waals surface area contributed by atoms with Crippen LogP contribution in [0.3, 0.4) is 0 Å². The number of aryl methyl sites for hydroxylation is 4. The maximum atomic E-state index is 2.31. The summed E-state index contributed by atoms with van der Waals surface area (Å²) in [5.41, 5.74) is 8.30. The lowest BCUT2D eigenvalue weighted by molar-refractivity contribution is 0.915. The van der Waals surface area contributed by atoms with Gasteiger partial charge < -0.3 is 0 Å². The Morgan fingerprint density at radius 1 is 0.611 bits per heavy atom. The third-order valence-corrected chi connectivity index (χ3v) is 4.06. The second kappa shape index (κ2) is 4.97. The highest BCUT2D eigenvalue weighted by Gasteiger charge is 2.09. The van der Waals surface area contributed by atoms with Gasteiger partial charge >= 0.3 is 0 Å². The van der Waals surface area contributed by atoms with Crippen molar-refractivity contribution in [3.8, 4) is 0 Å². The molecule has 0 radical (unpaired) electrons. The third kappa shape index (κ3) is 2.48. The van der Waals surface area contributed by atoms with Crippen LogP contribution in [0, 0.1) is 27.7 Å². The van der Waals surface area contributed by atoms with Crippen LogP contribution < -0.4 is 0 Å². The highest BCUT2D eigenvalue weighted by atomic mass is 14.1. The van der Waals surface area contributed by atoms with Crippen molar-refractivity contribution in [2.24, 2.45) is 0 Å². The molecule has 0 heterocycles. The van der Waals surface area contributed by atoms with E-state index in [1.54, 1.807) is 0 Å². The molecule has 0 bridgehead atoms. The highest BCUT2D eigenvalue weighted by molar-refractivity contribution is 5.39. The first-order valence-corrected chi connectivity index (χ1v) is 6.63. The first kappa shape index (κ1) is 12.9. The topological polar surface area (TPSA) is 0 Å². The molecule has 94 valence electrons. The number of hydrogen-bond acceptors (Lipinski definition) is 0. The lowest BCUT2D eigenvalue weighted by Gasteiger charge is -2.15. The second-order valence-corrected chi connectivity index (χ2v) is 5.41. The van der Waals surface area contributed by atoms with E-state index >= 15 is 0 Å². The van der Waals surface area contributed by atoms with Gasteiger partial charge in [0.1, 0.15) is 0 Å². The molecular weight excluding hydrogens is 216 g/mol. The molecule has 0 fully saturated rings. The SMILES string of the molecule is Cc1ccc(C(C)c2ccc(C)c(C)c2)cc1C. The van der Waals surface area contributed by atoms with E-state index in [1.165, 1.54) is 33.4 Å². The molecule has 0 saturated carbocycles. The van der Waals surface area contributed by atoms with Crippen LogP contribution in [-0.4, -0.2) is 0 Å². The normalized spacial score (nSPS) is 11.0. The van der Waals surface area contributed by atoms with Gasteiger partial charge in [0, 0.05) is 5.92 Å². The average molecular weight is 238 g/mol. The van der Waals surface area contributed by atoms with Gasteiger partial charge in [0.05, 0.1) is 0 Å². The standard InChI is InChI=1S/C18H22/c1-12-6-8-17(10-14(12)3)16(5)18-9-7-13(2)15(4)11-18/h6-11,16H,1-5H3. The maximum Gasteiger partial charge on any atom is 0.00612 e. The Hall–Kier alpha value is -1.56. The van der Waals surface area contributed by atoms with Gasteiger partial charge in [0.2, 0.25) is 0 Å². The molecule has 0 aromatic heterocycles. The fraction of sp³-hybridized carbons (Fsp3) is 0.333. The molecule has 0 heteroatoms. The van der Waals surface area contributed by atoms with E-state index in [-0.39, 0.29) is 0 Å². The Kier molecular flexibility index (Phi) is 3.56. The lowest BCUT2D eigenvalue weighted by Crippen LogP contribution is -1.98. The molecule has 0 amide bonds. The van der Waals surface area contributed by atoms with E-state index in [1.807, 2.05) is 0 Å². The number of benzene rings is 2. The van der Waals surface area contributed by atoms with Gasteiger partial charge in [-0.2, -0.15) is 0 Å². The van der Waals surface area contributed by atoms with Crippen LogP contribution in [0.5, 0.6) is 0 Å². The van der Waals surface area contributed by atoms with E-state index in [2.05, 4.69) is 71.0 Å². The summed E-state index contributed by atoms with van der Waals surface area (Å²) in [4.78, 5) is 0.